The predicted octanol–water partition coefficient (Wildman–Crippen LogP) is 11.3. The van der Waals surface area contributed by atoms with Gasteiger partial charge >= 0.3 is 0 Å². The monoisotopic (exact) mass is 531 g/mol. The molecule has 9 rings (SSSR count). The van der Waals surface area contributed by atoms with Crippen LogP contribution in [0.2, 0.25) is 0 Å². The van der Waals surface area contributed by atoms with E-state index in [0.29, 0.717) is 0 Å². The molecule has 0 aliphatic heterocycles. The van der Waals surface area contributed by atoms with Crippen molar-refractivity contribution in [2.24, 2.45) is 0 Å². The highest BCUT2D eigenvalue weighted by Gasteiger charge is 2.16. The minimum absolute atomic E-state index is 0.994. The van der Waals surface area contributed by atoms with Gasteiger partial charge < -0.3 is 0 Å². The van der Waals surface area contributed by atoms with Gasteiger partial charge in [0.2, 0.25) is 0 Å². The molecule has 0 unspecified atom stereocenters. The Hall–Kier alpha value is -5.53. The number of aromatic nitrogens is 1. The van der Waals surface area contributed by atoms with E-state index >= 15 is 0 Å². The molecular formula is C41H25N. The van der Waals surface area contributed by atoms with Gasteiger partial charge in [-0.3, -0.25) is 0 Å². The standard InChI is InChI=1S/C41H25N/c1-2-9-30-25-31(16-15-26(30)7-1)33-21-17-28-20-24-37-35(22-18-29-19-23-36(33)40(28)41(29)37)39-14-6-13-38(42-39)34-12-5-10-27-8-3-4-11-32(27)34/h1-25H. The van der Waals surface area contributed by atoms with Crippen LogP contribution in [0.4, 0.5) is 0 Å². The summed E-state index contributed by atoms with van der Waals surface area (Å²) in [5.74, 6) is 0. The highest BCUT2D eigenvalue weighted by atomic mass is 14.7. The number of nitrogens with zero attached hydrogens (tertiary/aromatic N) is 1. The SMILES string of the molecule is c1cc(-c2cccc3ccccc23)nc(-c2ccc3ccc4c(-c5ccc6ccccc6c5)ccc5ccc2c3c54)c1. The molecule has 0 aliphatic rings. The molecule has 0 spiro atoms. The maximum atomic E-state index is 5.24. The van der Waals surface area contributed by atoms with E-state index in [1.165, 1.54) is 65.0 Å². The highest BCUT2D eigenvalue weighted by Crippen LogP contribution is 2.42. The maximum Gasteiger partial charge on any atom is 0.0715 e. The second-order valence-corrected chi connectivity index (χ2v) is 11.1. The van der Waals surface area contributed by atoms with Crippen LogP contribution in [0, 0.1) is 0 Å². The predicted molar refractivity (Wildman–Crippen MR) is 179 cm³/mol. The summed E-state index contributed by atoms with van der Waals surface area (Å²) in [7, 11) is 0. The van der Waals surface area contributed by atoms with Crippen molar-refractivity contribution < 1.29 is 0 Å². The van der Waals surface area contributed by atoms with E-state index in [9.17, 15) is 0 Å². The van der Waals surface area contributed by atoms with Crippen LogP contribution >= 0.6 is 0 Å². The molecule has 1 heteroatoms. The minimum Gasteiger partial charge on any atom is -0.248 e. The van der Waals surface area contributed by atoms with Gasteiger partial charge in [0.1, 0.15) is 0 Å². The molecule has 194 valence electrons. The second kappa shape index (κ2) is 8.99. The zero-order valence-electron chi connectivity index (χ0n) is 22.9. The highest BCUT2D eigenvalue weighted by molar-refractivity contribution is 6.27. The van der Waals surface area contributed by atoms with Crippen molar-refractivity contribution in [3.63, 3.8) is 0 Å². The summed E-state index contributed by atoms with van der Waals surface area (Å²) in [6.07, 6.45) is 0. The first-order valence-corrected chi connectivity index (χ1v) is 14.5. The Kier molecular flexibility index (Phi) is 4.97. The molecule has 0 saturated carbocycles. The van der Waals surface area contributed by atoms with Gasteiger partial charge in [-0.2, -0.15) is 0 Å². The molecule has 42 heavy (non-hydrogen) atoms. The Morgan fingerprint density at radius 3 is 1.64 bits per heavy atom. The first-order chi connectivity index (χ1) is 20.8. The van der Waals surface area contributed by atoms with Gasteiger partial charge in [0.05, 0.1) is 11.4 Å². The summed E-state index contributed by atoms with van der Waals surface area (Å²) in [6, 6.07) is 54.9. The van der Waals surface area contributed by atoms with Crippen LogP contribution in [-0.4, -0.2) is 4.98 Å². The lowest BCUT2D eigenvalue weighted by Gasteiger charge is -2.17. The maximum absolute atomic E-state index is 5.24. The van der Waals surface area contributed by atoms with Crippen LogP contribution in [0.15, 0.2) is 152 Å². The van der Waals surface area contributed by atoms with Crippen molar-refractivity contribution >= 4 is 53.9 Å². The van der Waals surface area contributed by atoms with Crippen LogP contribution in [-0.2, 0) is 0 Å². The third-order valence-corrected chi connectivity index (χ3v) is 8.82. The number of hydrogen-bond donors (Lipinski definition) is 0. The number of rotatable bonds is 3. The Balaban J connectivity index is 1.26. The molecule has 0 aliphatic carbocycles. The molecule has 0 amide bonds. The average Bonchev–Trinajstić information content (AvgIpc) is 3.06. The molecule has 0 saturated heterocycles. The fraction of sp³-hybridized carbons (Fsp3) is 0. The first-order valence-electron chi connectivity index (χ1n) is 14.5. The number of benzene rings is 8. The van der Waals surface area contributed by atoms with Crippen molar-refractivity contribution in [3.05, 3.63) is 152 Å². The lowest BCUT2D eigenvalue weighted by Crippen LogP contribution is -1.92. The van der Waals surface area contributed by atoms with Crippen LogP contribution < -0.4 is 0 Å². The minimum atomic E-state index is 0.994. The molecule has 0 fully saturated rings. The zero-order chi connectivity index (χ0) is 27.6. The van der Waals surface area contributed by atoms with Crippen molar-refractivity contribution in [3.8, 4) is 33.6 Å². The quantitative estimate of drug-likeness (QED) is 0.207. The Morgan fingerprint density at radius 1 is 0.310 bits per heavy atom. The average molecular weight is 532 g/mol. The van der Waals surface area contributed by atoms with E-state index in [-0.39, 0.29) is 0 Å². The van der Waals surface area contributed by atoms with Gasteiger partial charge in [-0.25, -0.2) is 4.98 Å². The van der Waals surface area contributed by atoms with E-state index in [0.717, 1.165) is 22.5 Å². The summed E-state index contributed by atoms with van der Waals surface area (Å²) in [5.41, 5.74) is 6.82. The number of hydrogen-bond acceptors (Lipinski definition) is 1. The van der Waals surface area contributed by atoms with Crippen LogP contribution in [0.25, 0.3) is 87.5 Å². The molecule has 1 nitrogen and oxygen atoms in total. The smallest absolute Gasteiger partial charge is 0.0715 e. The summed E-state index contributed by atoms with van der Waals surface area (Å²) in [4.78, 5) is 5.24. The molecule has 1 heterocycles. The third kappa shape index (κ3) is 3.47. The lowest BCUT2D eigenvalue weighted by atomic mass is 9.87. The van der Waals surface area contributed by atoms with Crippen LogP contribution in [0.1, 0.15) is 0 Å². The largest absolute Gasteiger partial charge is 0.248 e. The van der Waals surface area contributed by atoms with Crippen molar-refractivity contribution in [2.75, 3.05) is 0 Å². The lowest BCUT2D eigenvalue weighted by molar-refractivity contribution is 1.34. The topological polar surface area (TPSA) is 12.9 Å². The van der Waals surface area contributed by atoms with Crippen molar-refractivity contribution in [1.29, 1.82) is 0 Å². The summed E-state index contributed by atoms with van der Waals surface area (Å²) in [5, 5.41) is 12.7. The van der Waals surface area contributed by atoms with Gasteiger partial charge in [-0.15, -0.1) is 0 Å². The van der Waals surface area contributed by atoms with Crippen molar-refractivity contribution in [2.45, 2.75) is 0 Å². The molecule has 0 N–H and O–H groups in total. The van der Waals surface area contributed by atoms with E-state index in [2.05, 4.69) is 152 Å². The van der Waals surface area contributed by atoms with Gasteiger partial charge in [-0.05, 0) is 83.2 Å². The Morgan fingerprint density at radius 2 is 0.857 bits per heavy atom. The van der Waals surface area contributed by atoms with Gasteiger partial charge in [-0.1, -0.05) is 133 Å². The summed E-state index contributed by atoms with van der Waals surface area (Å²) < 4.78 is 0. The second-order valence-electron chi connectivity index (χ2n) is 11.1. The van der Waals surface area contributed by atoms with E-state index < -0.39 is 0 Å². The van der Waals surface area contributed by atoms with E-state index in [4.69, 9.17) is 4.98 Å². The molecule has 8 aromatic carbocycles. The molecule has 0 atom stereocenters. The molecule has 0 bridgehead atoms. The van der Waals surface area contributed by atoms with E-state index in [1.54, 1.807) is 0 Å². The van der Waals surface area contributed by atoms with E-state index in [1.807, 2.05) is 0 Å². The van der Waals surface area contributed by atoms with Crippen LogP contribution in [0.5, 0.6) is 0 Å². The normalized spacial score (nSPS) is 11.8. The van der Waals surface area contributed by atoms with Gasteiger partial charge in [0.25, 0.3) is 0 Å². The molecule has 9 aromatic rings. The number of fused-ring (bicyclic) bond motifs is 2. The first kappa shape index (κ1) is 23.2. The molecule has 1 aromatic heterocycles. The van der Waals surface area contributed by atoms with Gasteiger partial charge in [0.15, 0.2) is 0 Å². The summed E-state index contributed by atoms with van der Waals surface area (Å²) in [6.45, 7) is 0. The Labute approximate surface area is 243 Å². The molecule has 0 radical (unpaired) electrons. The zero-order valence-corrected chi connectivity index (χ0v) is 22.9. The van der Waals surface area contributed by atoms with Gasteiger partial charge in [0, 0.05) is 11.1 Å². The fourth-order valence-corrected chi connectivity index (χ4v) is 6.82. The van der Waals surface area contributed by atoms with Crippen LogP contribution in [0.3, 0.4) is 0 Å². The number of pyridine rings is 1. The molecular weight excluding hydrogens is 506 g/mol. The Bertz CT molecular complexity index is 2460. The third-order valence-electron chi connectivity index (χ3n) is 8.82. The fourth-order valence-electron chi connectivity index (χ4n) is 6.82. The van der Waals surface area contributed by atoms with Crippen molar-refractivity contribution in [1.82, 2.24) is 4.98 Å². The summed E-state index contributed by atoms with van der Waals surface area (Å²) >= 11 is 0.